The van der Waals surface area contributed by atoms with Crippen LogP contribution in [0.1, 0.15) is 5.56 Å². The minimum Gasteiger partial charge on any atom is -0.455 e. The van der Waals surface area contributed by atoms with Gasteiger partial charge in [-0.1, -0.05) is 97.1 Å². The van der Waals surface area contributed by atoms with Gasteiger partial charge in [0.1, 0.15) is 11.2 Å². The van der Waals surface area contributed by atoms with Crippen LogP contribution in [-0.2, 0) is 6.54 Å². The summed E-state index contributed by atoms with van der Waals surface area (Å²) < 4.78 is 8.82. The lowest BCUT2D eigenvalue weighted by Crippen LogP contribution is -2.20. The van der Waals surface area contributed by atoms with Gasteiger partial charge in [0.25, 0.3) is 0 Å². The first-order valence-electron chi connectivity index (χ1n) is 14.5. The molecule has 1 aliphatic rings. The molecule has 10 rings (SSSR count). The number of furan rings is 1. The molecular weight excluding hydrogens is 512 g/mol. The molecule has 0 saturated carbocycles. The highest BCUT2D eigenvalue weighted by molar-refractivity contribution is 6.18. The Morgan fingerprint density at radius 1 is 0.524 bits per heavy atom. The molecular formula is C39H24N2O. The molecule has 0 amide bonds. The number of aromatic nitrogens is 1. The van der Waals surface area contributed by atoms with Crippen molar-refractivity contribution in [3.63, 3.8) is 0 Å². The van der Waals surface area contributed by atoms with Crippen LogP contribution in [-0.4, -0.2) is 4.40 Å². The lowest BCUT2D eigenvalue weighted by molar-refractivity contribution is 0.670. The fraction of sp³-hybridized carbons (Fsp3) is 0.0256. The Morgan fingerprint density at radius 3 is 2.12 bits per heavy atom. The second-order valence-electron chi connectivity index (χ2n) is 11.3. The van der Waals surface area contributed by atoms with Crippen LogP contribution in [0.4, 0.5) is 11.4 Å². The van der Waals surface area contributed by atoms with Gasteiger partial charge >= 0.3 is 0 Å². The molecule has 1 aliphatic heterocycles. The Hall–Kier alpha value is -5.54. The van der Waals surface area contributed by atoms with Crippen molar-refractivity contribution >= 4 is 60.6 Å². The Labute approximate surface area is 241 Å². The average Bonchev–Trinajstić information content (AvgIpc) is 3.71. The van der Waals surface area contributed by atoms with Gasteiger partial charge < -0.3 is 13.7 Å². The molecule has 196 valence electrons. The molecule has 0 saturated heterocycles. The summed E-state index contributed by atoms with van der Waals surface area (Å²) in [4.78, 5) is 2.47. The number of rotatable bonds is 2. The van der Waals surface area contributed by atoms with Crippen molar-refractivity contribution in [1.82, 2.24) is 4.40 Å². The summed E-state index contributed by atoms with van der Waals surface area (Å²) in [7, 11) is 0. The SMILES string of the molecule is c1ccc2c(c1)-c1c(c3cccc4c5ccccc5c1n34)CN2c1ccc(-c2cccc3c2oc2ccccc23)cc1. The van der Waals surface area contributed by atoms with Crippen LogP contribution in [0.5, 0.6) is 0 Å². The van der Waals surface area contributed by atoms with E-state index in [0.717, 1.165) is 39.6 Å². The zero-order valence-electron chi connectivity index (χ0n) is 22.7. The number of pyridine rings is 1. The third-order valence-electron chi connectivity index (χ3n) is 9.19. The average molecular weight is 537 g/mol. The first-order valence-corrected chi connectivity index (χ1v) is 14.5. The van der Waals surface area contributed by atoms with Crippen molar-refractivity contribution in [2.45, 2.75) is 6.54 Å². The van der Waals surface area contributed by atoms with Crippen LogP contribution >= 0.6 is 0 Å². The van der Waals surface area contributed by atoms with Crippen LogP contribution in [0.3, 0.4) is 0 Å². The number of hydrogen-bond acceptors (Lipinski definition) is 2. The molecule has 0 unspecified atom stereocenters. The zero-order chi connectivity index (χ0) is 27.4. The highest BCUT2D eigenvalue weighted by Gasteiger charge is 2.30. The summed E-state index contributed by atoms with van der Waals surface area (Å²) in [5, 5.41) is 4.95. The second-order valence-corrected chi connectivity index (χ2v) is 11.3. The van der Waals surface area contributed by atoms with Crippen molar-refractivity contribution in [2.24, 2.45) is 0 Å². The van der Waals surface area contributed by atoms with Gasteiger partial charge in [0, 0.05) is 55.2 Å². The third-order valence-corrected chi connectivity index (χ3v) is 9.19. The van der Waals surface area contributed by atoms with Crippen molar-refractivity contribution in [3.05, 3.63) is 139 Å². The van der Waals surface area contributed by atoms with Gasteiger partial charge in [-0.15, -0.1) is 0 Å². The van der Waals surface area contributed by atoms with Crippen molar-refractivity contribution in [2.75, 3.05) is 4.90 Å². The van der Waals surface area contributed by atoms with Crippen LogP contribution in [0, 0.1) is 0 Å². The maximum Gasteiger partial charge on any atom is 0.143 e. The molecule has 4 aromatic heterocycles. The van der Waals surface area contributed by atoms with Gasteiger partial charge in [0.05, 0.1) is 23.1 Å². The molecule has 3 nitrogen and oxygen atoms in total. The number of benzene rings is 5. The van der Waals surface area contributed by atoms with Gasteiger partial charge in [0.2, 0.25) is 0 Å². The molecule has 0 spiro atoms. The lowest BCUT2D eigenvalue weighted by atomic mass is 9.93. The topological polar surface area (TPSA) is 20.8 Å². The van der Waals surface area contributed by atoms with E-state index in [4.69, 9.17) is 4.42 Å². The van der Waals surface area contributed by atoms with Crippen LogP contribution in [0.25, 0.3) is 71.5 Å². The molecule has 0 fully saturated rings. The Balaban J connectivity index is 1.14. The molecule has 0 radical (unpaired) electrons. The number of fused-ring (bicyclic) bond motifs is 11. The van der Waals surface area contributed by atoms with E-state index in [1.807, 2.05) is 12.1 Å². The minimum absolute atomic E-state index is 0.819. The van der Waals surface area contributed by atoms with Crippen LogP contribution in [0.15, 0.2) is 138 Å². The van der Waals surface area contributed by atoms with E-state index in [-0.39, 0.29) is 0 Å². The molecule has 5 heterocycles. The molecule has 3 heteroatoms. The minimum atomic E-state index is 0.819. The van der Waals surface area contributed by atoms with E-state index in [1.54, 1.807) is 0 Å². The Bertz CT molecular complexity index is 2500. The van der Waals surface area contributed by atoms with Crippen LogP contribution in [0.2, 0.25) is 0 Å². The predicted octanol–water partition coefficient (Wildman–Crippen LogP) is 10.6. The van der Waals surface area contributed by atoms with E-state index >= 15 is 0 Å². The summed E-state index contributed by atoms with van der Waals surface area (Å²) in [6.07, 6.45) is 0. The summed E-state index contributed by atoms with van der Waals surface area (Å²) in [5.41, 5.74) is 14.5. The summed E-state index contributed by atoms with van der Waals surface area (Å²) >= 11 is 0. The summed E-state index contributed by atoms with van der Waals surface area (Å²) in [6, 6.07) is 48.1. The summed E-state index contributed by atoms with van der Waals surface area (Å²) in [5.74, 6) is 0. The number of anilines is 2. The van der Waals surface area contributed by atoms with E-state index in [1.165, 1.54) is 55.4 Å². The van der Waals surface area contributed by atoms with Crippen molar-refractivity contribution < 1.29 is 4.42 Å². The lowest BCUT2D eigenvalue weighted by Gasteiger charge is -2.32. The maximum absolute atomic E-state index is 6.34. The van der Waals surface area contributed by atoms with E-state index in [9.17, 15) is 0 Å². The van der Waals surface area contributed by atoms with Gasteiger partial charge in [-0.3, -0.25) is 0 Å². The predicted molar refractivity (Wildman–Crippen MR) is 174 cm³/mol. The largest absolute Gasteiger partial charge is 0.455 e. The number of nitrogens with zero attached hydrogens (tertiary/aromatic N) is 2. The van der Waals surface area contributed by atoms with E-state index in [0.29, 0.717) is 0 Å². The second kappa shape index (κ2) is 8.02. The van der Waals surface area contributed by atoms with Crippen LogP contribution < -0.4 is 4.90 Å². The first-order chi connectivity index (χ1) is 20.8. The van der Waals surface area contributed by atoms with Crippen molar-refractivity contribution in [3.8, 4) is 22.3 Å². The normalized spacial score (nSPS) is 13.1. The van der Waals surface area contributed by atoms with Gasteiger partial charge in [-0.2, -0.15) is 0 Å². The number of hydrogen-bond donors (Lipinski definition) is 0. The molecule has 0 atom stereocenters. The number of para-hydroxylation sites is 3. The fourth-order valence-corrected chi connectivity index (χ4v) is 7.39. The van der Waals surface area contributed by atoms with Crippen molar-refractivity contribution in [1.29, 1.82) is 0 Å². The molecule has 0 bridgehead atoms. The quantitative estimate of drug-likeness (QED) is 0.219. The standard InChI is InChI=1S/C39H24N2O/c1-2-11-29-27(9-1)34-16-8-17-35-32-23-40(33-15-5-3-12-31(33)37(32)38(29)41(34)35)25-21-19-24(20-22-25)26-13-7-14-30-28-10-4-6-18-36(28)42-39(26)30/h1-22H,23H2. The Kier molecular flexibility index (Phi) is 4.24. The molecule has 42 heavy (non-hydrogen) atoms. The third kappa shape index (κ3) is 2.80. The maximum atomic E-state index is 6.34. The van der Waals surface area contributed by atoms with E-state index < -0.39 is 0 Å². The Morgan fingerprint density at radius 2 is 1.21 bits per heavy atom. The molecule has 0 N–H and O–H groups in total. The molecule has 9 aromatic rings. The van der Waals surface area contributed by atoms with Gasteiger partial charge in [-0.25, -0.2) is 0 Å². The first kappa shape index (κ1) is 22.2. The smallest absolute Gasteiger partial charge is 0.143 e. The monoisotopic (exact) mass is 536 g/mol. The molecule has 5 aromatic carbocycles. The van der Waals surface area contributed by atoms with Gasteiger partial charge in [-0.05, 0) is 42.0 Å². The van der Waals surface area contributed by atoms with E-state index in [2.05, 4.69) is 131 Å². The highest BCUT2D eigenvalue weighted by Crippen LogP contribution is 2.50. The fourth-order valence-electron chi connectivity index (χ4n) is 7.39. The summed E-state index contributed by atoms with van der Waals surface area (Å²) in [6.45, 7) is 0.819. The zero-order valence-corrected chi connectivity index (χ0v) is 22.7. The van der Waals surface area contributed by atoms with Gasteiger partial charge in [0.15, 0.2) is 0 Å². The molecule has 0 aliphatic carbocycles. The highest BCUT2D eigenvalue weighted by atomic mass is 16.3.